The lowest BCUT2D eigenvalue weighted by Gasteiger charge is -2.36. The molecule has 0 radical (unpaired) electrons. The first-order valence-electron chi connectivity index (χ1n) is 7.50. The van der Waals surface area contributed by atoms with Crippen LogP contribution < -0.4 is 0 Å². The maximum atomic E-state index is 12.5. The fraction of sp³-hybridized carbons (Fsp3) is 0.933. The molecule has 0 spiro atoms. The van der Waals surface area contributed by atoms with E-state index in [4.69, 9.17) is 0 Å². The normalized spacial score (nSPS) is 32.3. The molecule has 2 fully saturated rings. The summed E-state index contributed by atoms with van der Waals surface area (Å²) in [6.07, 6.45) is 7.06. The zero-order chi connectivity index (χ0) is 13.1. The van der Waals surface area contributed by atoms with Crippen LogP contribution in [0.15, 0.2) is 0 Å². The number of likely N-dealkylation sites (tertiary alicyclic amines) is 1. The first-order valence-corrected chi connectivity index (χ1v) is 8.42. The predicted molar refractivity (Wildman–Crippen MR) is 78.8 cm³/mol. The molecular formula is C15H26BrNO. The molecule has 3 heteroatoms. The fourth-order valence-electron chi connectivity index (χ4n) is 3.34. The Bertz CT molecular complexity index is 276. The highest BCUT2D eigenvalue weighted by atomic mass is 79.9. The van der Waals surface area contributed by atoms with Crippen LogP contribution in [0.4, 0.5) is 0 Å². The Morgan fingerprint density at radius 2 is 1.67 bits per heavy atom. The lowest BCUT2D eigenvalue weighted by Crippen LogP contribution is -2.43. The Balaban J connectivity index is 1.80. The van der Waals surface area contributed by atoms with E-state index >= 15 is 0 Å². The molecule has 2 nitrogen and oxygen atoms in total. The van der Waals surface area contributed by atoms with E-state index in [0.29, 0.717) is 16.7 Å². The van der Waals surface area contributed by atoms with E-state index in [1.165, 1.54) is 25.7 Å². The summed E-state index contributed by atoms with van der Waals surface area (Å²) in [5, 5.41) is 0. The van der Waals surface area contributed by atoms with E-state index in [2.05, 4.69) is 34.7 Å². The van der Waals surface area contributed by atoms with E-state index in [1.54, 1.807) is 0 Å². The van der Waals surface area contributed by atoms with Crippen LogP contribution in [0.5, 0.6) is 0 Å². The first kappa shape index (κ1) is 14.4. The van der Waals surface area contributed by atoms with Gasteiger partial charge in [-0.25, -0.2) is 0 Å². The molecule has 18 heavy (non-hydrogen) atoms. The third-order valence-electron chi connectivity index (χ3n) is 4.87. The summed E-state index contributed by atoms with van der Waals surface area (Å²) in [4.78, 5) is 15.2. The Labute approximate surface area is 120 Å². The van der Waals surface area contributed by atoms with Crippen LogP contribution in [-0.2, 0) is 4.79 Å². The van der Waals surface area contributed by atoms with Gasteiger partial charge in [-0.15, -0.1) is 0 Å². The number of rotatable bonds is 2. The molecule has 1 heterocycles. The van der Waals surface area contributed by atoms with Crippen molar-refractivity contribution in [3.05, 3.63) is 0 Å². The summed E-state index contributed by atoms with van der Waals surface area (Å²) in [5.74, 6) is 2.36. The van der Waals surface area contributed by atoms with Crippen LogP contribution >= 0.6 is 15.9 Å². The molecule has 2 rings (SSSR count). The van der Waals surface area contributed by atoms with E-state index < -0.39 is 0 Å². The highest BCUT2D eigenvalue weighted by molar-refractivity contribution is 9.09. The molecule has 0 aromatic heterocycles. The van der Waals surface area contributed by atoms with Crippen LogP contribution in [0.3, 0.4) is 0 Å². The summed E-state index contributed by atoms with van der Waals surface area (Å²) >= 11 is 3.67. The number of carbonyl (C=O) groups is 1. The van der Waals surface area contributed by atoms with Gasteiger partial charge in [0.25, 0.3) is 0 Å². The van der Waals surface area contributed by atoms with Gasteiger partial charge in [-0.05, 0) is 50.4 Å². The van der Waals surface area contributed by atoms with Crippen molar-refractivity contribution in [2.45, 2.75) is 57.2 Å². The van der Waals surface area contributed by atoms with Gasteiger partial charge in [0, 0.05) is 23.8 Å². The molecule has 1 saturated heterocycles. The zero-order valence-corrected chi connectivity index (χ0v) is 13.3. The third-order valence-corrected chi connectivity index (χ3v) is 5.61. The van der Waals surface area contributed by atoms with Crippen molar-refractivity contribution in [3.8, 4) is 0 Å². The van der Waals surface area contributed by atoms with Gasteiger partial charge in [-0.1, -0.05) is 29.8 Å². The maximum absolute atomic E-state index is 12.5. The van der Waals surface area contributed by atoms with Gasteiger partial charge in [0.15, 0.2) is 0 Å². The molecular weight excluding hydrogens is 290 g/mol. The topological polar surface area (TPSA) is 20.3 Å². The monoisotopic (exact) mass is 315 g/mol. The molecule has 1 unspecified atom stereocenters. The summed E-state index contributed by atoms with van der Waals surface area (Å²) in [6, 6.07) is 0. The molecule has 0 bridgehead atoms. The summed E-state index contributed by atoms with van der Waals surface area (Å²) in [5.41, 5.74) is 0. The van der Waals surface area contributed by atoms with Crippen LogP contribution in [0.25, 0.3) is 0 Å². The van der Waals surface area contributed by atoms with Crippen molar-refractivity contribution in [2.75, 3.05) is 13.1 Å². The SMILES string of the molecule is CC1CCC(C(=O)N2CCC(C(C)Br)CC2)CC1. The smallest absolute Gasteiger partial charge is 0.225 e. The number of hydrogen-bond donors (Lipinski definition) is 0. The molecule has 104 valence electrons. The van der Waals surface area contributed by atoms with E-state index in [0.717, 1.165) is 37.8 Å². The third kappa shape index (κ3) is 3.49. The standard InChI is InChI=1S/C15H26BrNO/c1-11-3-5-14(6-4-11)15(18)17-9-7-13(8-10-17)12(2)16/h11-14H,3-10H2,1-2H3. The second kappa shape index (κ2) is 6.40. The number of piperidine rings is 1. The van der Waals surface area contributed by atoms with Crippen LogP contribution in [-0.4, -0.2) is 28.7 Å². The summed E-state index contributed by atoms with van der Waals surface area (Å²) in [7, 11) is 0. The van der Waals surface area contributed by atoms with E-state index in [9.17, 15) is 4.79 Å². The lowest BCUT2D eigenvalue weighted by atomic mass is 9.82. The molecule has 2 aliphatic rings. The van der Waals surface area contributed by atoms with Crippen molar-refractivity contribution in [3.63, 3.8) is 0 Å². The molecule has 0 N–H and O–H groups in total. The van der Waals surface area contributed by atoms with Crippen LogP contribution in [0.1, 0.15) is 52.4 Å². The summed E-state index contributed by atoms with van der Waals surface area (Å²) < 4.78 is 0. The van der Waals surface area contributed by atoms with Gasteiger partial charge in [0.2, 0.25) is 5.91 Å². The second-order valence-electron chi connectivity index (χ2n) is 6.30. The van der Waals surface area contributed by atoms with Crippen molar-refractivity contribution < 1.29 is 4.79 Å². The number of amides is 1. The van der Waals surface area contributed by atoms with Crippen molar-refractivity contribution in [1.29, 1.82) is 0 Å². The Morgan fingerprint density at radius 3 is 2.17 bits per heavy atom. The van der Waals surface area contributed by atoms with Gasteiger partial charge in [-0.2, -0.15) is 0 Å². The number of alkyl halides is 1. The minimum atomic E-state index is 0.333. The second-order valence-corrected chi connectivity index (χ2v) is 7.74. The van der Waals surface area contributed by atoms with Gasteiger partial charge in [0.1, 0.15) is 0 Å². The molecule has 1 saturated carbocycles. The van der Waals surface area contributed by atoms with Gasteiger partial charge in [-0.3, -0.25) is 4.79 Å². The van der Waals surface area contributed by atoms with Gasteiger partial charge < -0.3 is 4.90 Å². The molecule has 1 amide bonds. The number of carbonyl (C=O) groups excluding carboxylic acids is 1. The average Bonchev–Trinajstić information content (AvgIpc) is 2.39. The maximum Gasteiger partial charge on any atom is 0.225 e. The predicted octanol–water partition coefficient (Wildman–Crippen LogP) is 3.83. The number of halogens is 1. The van der Waals surface area contributed by atoms with Crippen LogP contribution in [0, 0.1) is 17.8 Å². The Kier molecular flexibility index (Phi) is 5.11. The Hall–Kier alpha value is -0.0500. The number of nitrogens with zero attached hydrogens (tertiary/aromatic N) is 1. The van der Waals surface area contributed by atoms with Crippen LogP contribution in [0.2, 0.25) is 0 Å². The highest BCUT2D eigenvalue weighted by Gasteiger charge is 2.31. The minimum absolute atomic E-state index is 0.333. The molecule has 1 aliphatic carbocycles. The quantitative estimate of drug-likeness (QED) is 0.709. The average molecular weight is 316 g/mol. The molecule has 0 aromatic carbocycles. The van der Waals surface area contributed by atoms with Crippen molar-refractivity contribution in [1.82, 2.24) is 4.90 Å². The van der Waals surface area contributed by atoms with Crippen molar-refractivity contribution in [2.24, 2.45) is 17.8 Å². The van der Waals surface area contributed by atoms with Gasteiger partial charge >= 0.3 is 0 Å². The van der Waals surface area contributed by atoms with E-state index in [1.807, 2.05) is 0 Å². The molecule has 1 atom stereocenters. The zero-order valence-electron chi connectivity index (χ0n) is 11.7. The largest absolute Gasteiger partial charge is 0.342 e. The minimum Gasteiger partial charge on any atom is -0.342 e. The van der Waals surface area contributed by atoms with Crippen molar-refractivity contribution >= 4 is 21.8 Å². The molecule has 1 aliphatic heterocycles. The fourth-order valence-corrected chi connectivity index (χ4v) is 3.87. The highest BCUT2D eigenvalue weighted by Crippen LogP contribution is 2.31. The summed E-state index contributed by atoms with van der Waals surface area (Å²) in [6.45, 7) is 6.49. The molecule has 0 aromatic rings. The lowest BCUT2D eigenvalue weighted by molar-refractivity contribution is -0.138. The van der Waals surface area contributed by atoms with Gasteiger partial charge in [0.05, 0.1) is 0 Å². The van der Waals surface area contributed by atoms with E-state index in [-0.39, 0.29) is 0 Å². The number of hydrogen-bond acceptors (Lipinski definition) is 1. The first-order chi connectivity index (χ1) is 8.58. The Morgan fingerprint density at radius 1 is 1.11 bits per heavy atom.